The van der Waals surface area contributed by atoms with Crippen molar-refractivity contribution in [3.8, 4) is 0 Å². The molecule has 0 fully saturated rings. The number of aryl methyl sites for hydroxylation is 1. The largest absolute Gasteiger partial charge is 0.416 e. The summed E-state index contributed by atoms with van der Waals surface area (Å²) in [6.45, 7) is 2.18. The second kappa shape index (κ2) is 8.32. The van der Waals surface area contributed by atoms with Crippen LogP contribution in [0.4, 0.5) is 13.2 Å². The van der Waals surface area contributed by atoms with Gasteiger partial charge in [0, 0.05) is 11.1 Å². The topological polar surface area (TPSA) is 60.2 Å². The van der Waals surface area contributed by atoms with E-state index >= 15 is 0 Å². The van der Waals surface area contributed by atoms with E-state index in [1.165, 1.54) is 19.1 Å². The molecule has 3 rings (SSSR count). The van der Waals surface area contributed by atoms with Crippen LogP contribution in [0.25, 0.3) is 5.57 Å². The molecule has 7 heteroatoms. The van der Waals surface area contributed by atoms with Gasteiger partial charge in [0.2, 0.25) is 9.84 Å². The van der Waals surface area contributed by atoms with E-state index in [9.17, 15) is 21.6 Å². The van der Waals surface area contributed by atoms with Gasteiger partial charge in [-0.2, -0.15) is 13.2 Å². The van der Waals surface area contributed by atoms with Gasteiger partial charge in [-0.15, -0.1) is 0 Å². The highest BCUT2D eigenvalue weighted by Crippen LogP contribution is 2.43. The molecule has 29 heavy (non-hydrogen) atoms. The lowest BCUT2D eigenvalue weighted by atomic mass is 9.95. The van der Waals surface area contributed by atoms with Gasteiger partial charge in [0.05, 0.1) is 15.4 Å². The van der Waals surface area contributed by atoms with Crippen LogP contribution in [0.15, 0.2) is 52.3 Å². The van der Waals surface area contributed by atoms with Crippen molar-refractivity contribution in [3.05, 3.63) is 69.6 Å². The van der Waals surface area contributed by atoms with Crippen molar-refractivity contribution in [1.82, 2.24) is 0 Å². The van der Waals surface area contributed by atoms with Crippen LogP contribution in [0.2, 0.25) is 0 Å². The summed E-state index contributed by atoms with van der Waals surface area (Å²) in [6, 6.07) is 10.0. The molecule has 0 bridgehead atoms. The summed E-state index contributed by atoms with van der Waals surface area (Å²) >= 11 is 0. The number of nitrogens with two attached hydrogens (primary N) is 1. The molecular weight excluding hydrogens is 399 g/mol. The van der Waals surface area contributed by atoms with Crippen molar-refractivity contribution >= 4 is 15.4 Å². The zero-order valence-electron chi connectivity index (χ0n) is 16.2. The summed E-state index contributed by atoms with van der Waals surface area (Å²) in [7, 11) is -3.64. The van der Waals surface area contributed by atoms with E-state index in [1.807, 2.05) is 6.07 Å². The maximum Gasteiger partial charge on any atom is 0.416 e. The molecule has 1 heterocycles. The molecule has 0 spiro atoms. The van der Waals surface area contributed by atoms with E-state index < -0.39 is 21.6 Å². The Morgan fingerprint density at radius 1 is 0.931 bits per heavy atom. The highest BCUT2D eigenvalue weighted by molar-refractivity contribution is 7.95. The highest BCUT2D eigenvalue weighted by Gasteiger charge is 2.34. The Labute approximate surface area is 169 Å². The van der Waals surface area contributed by atoms with Crippen LogP contribution in [-0.4, -0.2) is 15.0 Å². The van der Waals surface area contributed by atoms with Crippen molar-refractivity contribution < 1.29 is 21.6 Å². The van der Waals surface area contributed by atoms with E-state index in [1.54, 1.807) is 12.1 Å². The predicted octanol–water partition coefficient (Wildman–Crippen LogP) is 5.33. The third kappa shape index (κ3) is 4.41. The lowest BCUT2D eigenvalue weighted by Gasteiger charge is -2.10. The number of unbranched alkanes of at least 4 members (excludes halogenated alkanes) is 3. The van der Waals surface area contributed by atoms with E-state index in [2.05, 4.69) is 0 Å². The van der Waals surface area contributed by atoms with Crippen molar-refractivity contribution in [2.45, 2.75) is 50.1 Å². The first kappa shape index (κ1) is 21.6. The van der Waals surface area contributed by atoms with Crippen LogP contribution < -0.4 is 5.73 Å². The van der Waals surface area contributed by atoms with Gasteiger partial charge < -0.3 is 5.73 Å². The fourth-order valence-electron chi connectivity index (χ4n) is 3.65. The molecule has 2 aromatic carbocycles. The number of alkyl halides is 3. The number of rotatable bonds is 7. The molecule has 1 aliphatic rings. The average Bonchev–Trinajstić information content (AvgIpc) is 2.87. The SMILES string of the molecule is CC1=C(c2ccc(C(F)(F)F)cc2)c2ccc(CCCCCCN)cc2S1(=O)=O. The second-order valence-corrected chi connectivity index (χ2v) is 9.35. The van der Waals surface area contributed by atoms with E-state index in [0.717, 1.165) is 49.8 Å². The monoisotopic (exact) mass is 423 g/mol. The smallest absolute Gasteiger partial charge is 0.330 e. The summed E-state index contributed by atoms with van der Waals surface area (Å²) in [5.74, 6) is 0. The first-order chi connectivity index (χ1) is 13.7. The molecule has 0 saturated heterocycles. The molecular formula is C22H24F3NO2S. The first-order valence-electron chi connectivity index (χ1n) is 9.63. The summed E-state index contributed by atoms with van der Waals surface area (Å²) in [5, 5.41) is 0. The Kier molecular flexibility index (Phi) is 6.19. The molecule has 0 aliphatic carbocycles. The normalized spacial score (nSPS) is 15.6. The summed E-state index contributed by atoms with van der Waals surface area (Å²) in [6.07, 6.45) is 0.380. The molecule has 0 aromatic heterocycles. The number of hydrogen-bond acceptors (Lipinski definition) is 3. The van der Waals surface area contributed by atoms with Crippen LogP contribution in [0.1, 0.15) is 54.9 Å². The molecule has 0 radical (unpaired) electrons. The molecule has 0 saturated carbocycles. The Bertz CT molecular complexity index is 1020. The van der Waals surface area contributed by atoms with Crippen LogP contribution in [-0.2, 0) is 22.4 Å². The molecule has 1 aliphatic heterocycles. The van der Waals surface area contributed by atoms with E-state index in [0.29, 0.717) is 23.2 Å². The van der Waals surface area contributed by atoms with Gasteiger partial charge in [0.15, 0.2) is 0 Å². The minimum absolute atomic E-state index is 0.173. The molecule has 2 N–H and O–H groups in total. The summed E-state index contributed by atoms with van der Waals surface area (Å²) < 4.78 is 64.3. The fraction of sp³-hybridized carbons (Fsp3) is 0.364. The van der Waals surface area contributed by atoms with Crippen LogP contribution in [0, 0.1) is 0 Å². The highest BCUT2D eigenvalue weighted by atomic mass is 32.2. The van der Waals surface area contributed by atoms with Crippen molar-refractivity contribution in [3.63, 3.8) is 0 Å². The summed E-state index contributed by atoms with van der Waals surface area (Å²) in [4.78, 5) is 0.414. The number of sulfone groups is 1. The van der Waals surface area contributed by atoms with Crippen LogP contribution in [0.3, 0.4) is 0 Å². The Hall–Kier alpha value is -2.12. The second-order valence-electron chi connectivity index (χ2n) is 7.29. The molecule has 0 amide bonds. The van der Waals surface area contributed by atoms with Gasteiger partial charge in [0.25, 0.3) is 0 Å². The zero-order chi connectivity index (χ0) is 21.2. The number of benzene rings is 2. The Morgan fingerprint density at radius 2 is 1.59 bits per heavy atom. The molecule has 0 unspecified atom stereocenters. The Balaban J connectivity index is 1.90. The van der Waals surface area contributed by atoms with E-state index in [4.69, 9.17) is 5.73 Å². The Morgan fingerprint density at radius 3 is 2.21 bits per heavy atom. The minimum atomic E-state index is -4.43. The van der Waals surface area contributed by atoms with Gasteiger partial charge in [-0.05, 0) is 62.1 Å². The predicted molar refractivity (Wildman–Crippen MR) is 108 cm³/mol. The maximum atomic E-state index is 12.9. The average molecular weight is 424 g/mol. The lowest BCUT2D eigenvalue weighted by molar-refractivity contribution is -0.137. The third-order valence-electron chi connectivity index (χ3n) is 5.28. The molecule has 156 valence electrons. The zero-order valence-corrected chi connectivity index (χ0v) is 17.0. The third-order valence-corrected chi connectivity index (χ3v) is 7.21. The molecule has 2 aromatic rings. The van der Waals surface area contributed by atoms with Crippen LogP contribution in [0.5, 0.6) is 0 Å². The fourth-order valence-corrected chi connectivity index (χ4v) is 5.24. The van der Waals surface area contributed by atoms with Gasteiger partial charge in [-0.25, -0.2) is 8.42 Å². The van der Waals surface area contributed by atoms with Crippen molar-refractivity contribution in [2.24, 2.45) is 5.73 Å². The number of halogens is 3. The van der Waals surface area contributed by atoms with Crippen LogP contribution >= 0.6 is 0 Å². The van der Waals surface area contributed by atoms with Gasteiger partial charge in [0.1, 0.15) is 0 Å². The lowest BCUT2D eigenvalue weighted by Crippen LogP contribution is -2.04. The maximum absolute atomic E-state index is 12.9. The first-order valence-corrected chi connectivity index (χ1v) is 11.1. The minimum Gasteiger partial charge on any atom is -0.330 e. The quantitative estimate of drug-likeness (QED) is 0.612. The van der Waals surface area contributed by atoms with Gasteiger partial charge in [-0.1, -0.05) is 37.1 Å². The summed E-state index contributed by atoms with van der Waals surface area (Å²) in [5.41, 5.74) is 7.17. The number of fused-ring (bicyclic) bond motifs is 1. The number of allylic oxidation sites excluding steroid dienone is 1. The number of hydrogen-bond donors (Lipinski definition) is 1. The van der Waals surface area contributed by atoms with E-state index in [-0.39, 0.29) is 9.80 Å². The molecule has 0 atom stereocenters. The van der Waals surface area contributed by atoms with Crippen molar-refractivity contribution in [2.75, 3.05) is 6.54 Å². The van der Waals surface area contributed by atoms with Gasteiger partial charge >= 0.3 is 6.18 Å². The molecule has 3 nitrogen and oxygen atoms in total. The van der Waals surface area contributed by atoms with Gasteiger partial charge in [-0.3, -0.25) is 0 Å². The standard InChI is InChI=1S/C22H24F3NO2S/c1-15-21(17-8-10-18(11-9-17)22(23,24)25)19-12-7-16(6-4-2-3-5-13-26)14-20(19)29(15,27)28/h7-12,14H,2-6,13,26H2,1H3. The van der Waals surface area contributed by atoms with Crippen molar-refractivity contribution in [1.29, 1.82) is 0 Å².